The zero-order chi connectivity index (χ0) is 21.9. The fourth-order valence-corrected chi connectivity index (χ4v) is 5.35. The van der Waals surface area contributed by atoms with E-state index in [1.54, 1.807) is 0 Å². The zero-order valence-corrected chi connectivity index (χ0v) is 19.3. The third-order valence-corrected chi connectivity index (χ3v) is 7.72. The molecule has 1 aliphatic rings. The first-order valence-corrected chi connectivity index (χ1v) is 12.5. The van der Waals surface area contributed by atoms with Crippen LogP contribution in [0.1, 0.15) is 54.6 Å². The molecule has 3 rings (SSSR count). The van der Waals surface area contributed by atoms with Crippen molar-refractivity contribution in [3.63, 3.8) is 0 Å². The van der Waals surface area contributed by atoms with Gasteiger partial charge in [-0.05, 0) is 56.6 Å². The van der Waals surface area contributed by atoms with Gasteiger partial charge in [0, 0.05) is 11.8 Å². The highest BCUT2D eigenvalue weighted by Crippen LogP contribution is 2.41. The Bertz CT molecular complexity index is 1010. The van der Waals surface area contributed by atoms with Crippen LogP contribution in [0, 0.1) is 0 Å². The molecule has 0 radical (unpaired) electrons. The van der Waals surface area contributed by atoms with Gasteiger partial charge in [0.2, 0.25) is 0 Å². The van der Waals surface area contributed by atoms with Crippen molar-refractivity contribution in [3.8, 4) is 0 Å². The molecule has 0 bridgehead atoms. The average Bonchev–Trinajstić information content (AvgIpc) is 2.73. The van der Waals surface area contributed by atoms with Crippen LogP contribution >= 0.6 is 11.6 Å². The van der Waals surface area contributed by atoms with E-state index in [1.165, 1.54) is 18.2 Å². The first kappa shape index (κ1) is 22.8. The van der Waals surface area contributed by atoms with Gasteiger partial charge in [-0.1, -0.05) is 55.3 Å². The SMILES string of the molecule is CCC1(C(NC(=O)c2cc(S(C)(=O)=O)ccc2Cl)c2ccccc2)CCCCN1C. The lowest BCUT2D eigenvalue weighted by atomic mass is 9.75. The van der Waals surface area contributed by atoms with Gasteiger partial charge in [0.15, 0.2) is 9.84 Å². The van der Waals surface area contributed by atoms with Crippen LogP contribution in [0.2, 0.25) is 5.02 Å². The number of nitrogens with one attached hydrogen (secondary N) is 1. The Morgan fingerprint density at radius 2 is 1.90 bits per heavy atom. The minimum Gasteiger partial charge on any atom is -0.343 e. The molecule has 0 spiro atoms. The summed E-state index contributed by atoms with van der Waals surface area (Å²) in [5.74, 6) is -0.369. The molecular weight excluding hydrogens is 420 g/mol. The Balaban J connectivity index is 2.03. The summed E-state index contributed by atoms with van der Waals surface area (Å²) in [6.07, 6.45) is 5.20. The highest BCUT2D eigenvalue weighted by molar-refractivity contribution is 7.90. The molecule has 30 heavy (non-hydrogen) atoms. The highest BCUT2D eigenvalue weighted by Gasteiger charge is 2.44. The first-order valence-electron chi connectivity index (χ1n) is 10.3. The molecule has 2 atom stereocenters. The molecule has 162 valence electrons. The number of rotatable bonds is 6. The van der Waals surface area contributed by atoms with E-state index in [2.05, 4.69) is 24.2 Å². The molecule has 5 nitrogen and oxygen atoms in total. The van der Waals surface area contributed by atoms with E-state index in [1.807, 2.05) is 30.3 Å². The Morgan fingerprint density at radius 1 is 1.20 bits per heavy atom. The van der Waals surface area contributed by atoms with Crippen molar-refractivity contribution < 1.29 is 13.2 Å². The minimum absolute atomic E-state index is 0.0771. The molecular formula is C23H29ClN2O3S. The number of benzene rings is 2. The van der Waals surface area contributed by atoms with Crippen LogP contribution in [0.25, 0.3) is 0 Å². The summed E-state index contributed by atoms with van der Waals surface area (Å²) in [4.78, 5) is 15.8. The Labute approximate surface area is 184 Å². The number of amides is 1. The van der Waals surface area contributed by atoms with Crippen molar-refractivity contribution in [1.29, 1.82) is 0 Å². The van der Waals surface area contributed by atoms with Crippen LogP contribution in [-0.2, 0) is 9.84 Å². The number of halogens is 1. The van der Waals surface area contributed by atoms with Gasteiger partial charge in [-0.25, -0.2) is 8.42 Å². The molecule has 1 aliphatic heterocycles. The summed E-state index contributed by atoms with van der Waals surface area (Å²) in [5, 5.41) is 3.43. The van der Waals surface area contributed by atoms with Gasteiger partial charge in [-0.3, -0.25) is 9.69 Å². The van der Waals surface area contributed by atoms with Crippen molar-refractivity contribution in [2.45, 2.75) is 49.1 Å². The van der Waals surface area contributed by atoms with E-state index in [-0.39, 0.29) is 33.0 Å². The predicted octanol–water partition coefficient (Wildman–Crippen LogP) is 4.48. The molecule has 1 fully saturated rings. The number of piperidine rings is 1. The Kier molecular flexibility index (Phi) is 6.90. The van der Waals surface area contributed by atoms with Gasteiger partial charge >= 0.3 is 0 Å². The number of hydrogen-bond acceptors (Lipinski definition) is 4. The standard InChI is InChI=1S/C23H29ClN2O3S/c1-4-23(14-8-9-15-26(23)2)21(17-10-6-5-7-11-17)25-22(27)19-16-18(30(3,28)29)12-13-20(19)24/h5-7,10-13,16,21H,4,8-9,14-15H2,1-3H3,(H,25,27). The summed E-state index contributed by atoms with van der Waals surface area (Å²) in [5.41, 5.74) is 0.970. The molecule has 2 aromatic carbocycles. The molecule has 1 N–H and O–H groups in total. The molecule has 0 aromatic heterocycles. The number of likely N-dealkylation sites (tertiary alicyclic amines) is 1. The predicted molar refractivity (Wildman–Crippen MR) is 121 cm³/mol. The van der Waals surface area contributed by atoms with E-state index in [9.17, 15) is 13.2 Å². The van der Waals surface area contributed by atoms with E-state index >= 15 is 0 Å². The molecule has 1 amide bonds. The summed E-state index contributed by atoms with van der Waals surface area (Å²) < 4.78 is 23.9. The third kappa shape index (κ3) is 4.56. The second-order valence-electron chi connectivity index (χ2n) is 8.07. The van der Waals surface area contributed by atoms with Crippen molar-refractivity contribution in [1.82, 2.24) is 10.2 Å². The normalized spacial score (nSPS) is 21.2. The molecule has 2 unspecified atom stereocenters. The number of likely N-dealkylation sites (N-methyl/N-ethyl adjacent to an activating group) is 1. The van der Waals surface area contributed by atoms with Crippen molar-refractivity contribution in [2.24, 2.45) is 0 Å². The average molecular weight is 449 g/mol. The lowest BCUT2D eigenvalue weighted by Gasteiger charge is -2.50. The molecule has 1 heterocycles. The van der Waals surface area contributed by atoms with Crippen molar-refractivity contribution in [3.05, 3.63) is 64.7 Å². The largest absolute Gasteiger partial charge is 0.343 e. The number of sulfone groups is 1. The molecule has 1 saturated heterocycles. The summed E-state index contributed by atoms with van der Waals surface area (Å²) in [6, 6.07) is 13.9. The van der Waals surface area contributed by atoms with Crippen LogP contribution in [0.5, 0.6) is 0 Å². The monoisotopic (exact) mass is 448 g/mol. The maximum atomic E-state index is 13.3. The maximum absolute atomic E-state index is 13.3. The highest BCUT2D eigenvalue weighted by atomic mass is 35.5. The molecule has 2 aromatic rings. The van der Waals surface area contributed by atoms with Gasteiger partial charge in [0.25, 0.3) is 5.91 Å². The molecule has 0 aliphatic carbocycles. The van der Waals surface area contributed by atoms with Gasteiger partial charge in [-0.15, -0.1) is 0 Å². The van der Waals surface area contributed by atoms with Gasteiger partial charge in [0.05, 0.1) is 21.5 Å². The van der Waals surface area contributed by atoms with E-state index in [4.69, 9.17) is 11.6 Å². The minimum atomic E-state index is -3.45. The van der Waals surface area contributed by atoms with Gasteiger partial charge in [-0.2, -0.15) is 0 Å². The molecule has 0 saturated carbocycles. The van der Waals surface area contributed by atoms with E-state index < -0.39 is 9.84 Å². The summed E-state index contributed by atoms with van der Waals surface area (Å²) in [6.45, 7) is 3.12. The van der Waals surface area contributed by atoms with Crippen LogP contribution < -0.4 is 5.32 Å². The number of carbonyl (C=O) groups is 1. The number of nitrogens with zero attached hydrogens (tertiary/aromatic N) is 1. The third-order valence-electron chi connectivity index (χ3n) is 6.28. The summed E-state index contributed by atoms with van der Waals surface area (Å²) >= 11 is 6.29. The van der Waals surface area contributed by atoms with Crippen molar-refractivity contribution in [2.75, 3.05) is 19.8 Å². The number of carbonyl (C=O) groups excluding carboxylic acids is 1. The van der Waals surface area contributed by atoms with Gasteiger partial charge in [0.1, 0.15) is 0 Å². The number of hydrogen-bond donors (Lipinski definition) is 1. The van der Waals surface area contributed by atoms with E-state index in [0.717, 1.165) is 44.0 Å². The summed E-state index contributed by atoms with van der Waals surface area (Å²) in [7, 11) is -1.34. The van der Waals surface area contributed by atoms with Crippen LogP contribution in [-0.4, -0.2) is 44.6 Å². The smallest absolute Gasteiger partial charge is 0.253 e. The molecule has 7 heteroatoms. The topological polar surface area (TPSA) is 66.5 Å². The van der Waals surface area contributed by atoms with E-state index in [0.29, 0.717) is 0 Å². The van der Waals surface area contributed by atoms with Gasteiger partial charge < -0.3 is 5.32 Å². The Hall–Kier alpha value is -1.89. The Morgan fingerprint density at radius 3 is 2.50 bits per heavy atom. The fourth-order valence-electron chi connectivity index (χ4n) is 4.50. The lowest BCUT2D eigenvalue weighted by Crippen LogP contribution is -2.57. The maximum Gasteiger partial charge on any atom is 0.253 e. The second kappa shape index (κ2) is 9.08. The first-order chi connectivity index (χ1) is 14.2. The second-order valence-corrected chi connectivity index (χ2v) is 10.5. The van der Waals surface area contributed by atoms with Crippen molar-refractivity contribution >= 4 is 27.3 Å². The fraction of sp³-hybridized carbons (Fsp3) is 0.435. The lowest BCUT2D eigenvalue weighted by molar-refractivity contribution is 0.0296. The zero-order valence-electron chi connectivity index (χ0n) is 17.7. The van der Waals surface area contributed by atoms with Crippen LogP contribution in [0.3, 0.4) is 0 Å². The van der Waals surface area contributed by atoms with Crippen LogP contribution in [0.15, 0.2) is 53.4 Å². The van der Waals surface area contributed by atoms with Crippen LogP contribution in [0.4, 0.5) is 0 Å². The quantitative estimate of drug-likeness (QED) is 0.707.